The minimum atomic E-state index is -4.56. The standard InChI is InChI=1S/C16H17BrF3N3OS/c1-25-8-12(14(24)23-15(9-21)6-7-15)22-13(16(18,19)20)10-2-4-11(17)5-3-10/h2-5,12-13,22H,6-8H2,1H3,(H,23,24)/t12-,13-/m0/s1. The van der Waals surface area contributed by atoms with Crippen molar-refractivity contribution in [2.24, 2.45) is 0 Å². The number of nitrogens with one attached hydrogen (secondary N) is 2. The summed E-state index contributed by atoms with van der Waals surface area (Å²) in [5.41, 5.74) is -0.892. The van der Waals surface area contributed by atoms with Crippen LogP contribution in [0.4, 0.5) is 13.2 Å². The van der Waals surface area contributed by atoms with E-state index in [-0.39, 0.29) is 11.3 Å². The van der Waals surface area contributed by atoms with Crippen molar-refractivity contribution < 1.29 is 18.0 Å². The van der Waals surface area contributed by atoms with Crippen LogP contribution in [0.2, 0.25) is 0 Å². The maximum absolute atomic E-state index is 13.5. The molecule has 2 N–H and O–H groups in total. The Kier molecular flexibility index (Phi) is 6.40. The van der Waals surface area contributed by atoms with Crippen molar-refractivity contribution in [1.82, 2.24) is 10.6 Å². The van der Waals surface area contributed by atoms with Gasteiger partial charge in [0.1, 0.15) is 11.6 Å². The number of carbonyl (C=O) groups is 1. The molecule has 2 atom stereocenters. The first-order valence-corrected chi connectivity index (χ1v) is 9.70. The second-order valence-electron chi connectivity index (χ2n) is 5.88. The van der Waals surface area contributed by atoms with Crippen LogP contribution in [0.5, 0.6) is 0 Å². The molecule has 0 spiro atoms. The Bertz CT molecular complexity index is 656. The number of nitrogens with zero attached hydrogens (tertiary/aromatic N) is 1. The topological polar surface area (TPSA) is 64.9 Å². The maximum Gasteiger partial charge on any atom is 0.407 e. The van der Waals surface area contributed by atoms with E-state index in [0.29, 0.717) is 17.3 Å². The van der Waals surface area contributed by atoms with Crippen LogP contribution >= 0.6 is 27.7 Å². The van der Waals surface area contributed by atoms with Gasteiger partial charge >= 0.3 is 6.18 Å². The lowest BCUT2D eigenvalue weighted by atomic mass is 10.1. The molecule has 1 aromatic rings. The summed E-state index contributed by atoms with van der Waals surface area (Å²) in [6.45, 7) is 0. The minimum Gasteiger partial charge on any atom is -0.336 e. The van der Waals surface area contributed by atoms with Gasteiger partial charge in [-0.2, -0.15) is 30.2 Å². The van der Waals surface area contributed by atoms with E-state index in [0.717, 1.165) is 0 Å². The predicted octanol–water partition coefficient (Wildman–Crippen LogP) is 3.55. The molecule has 1 aliphatic rings. The average molecular weight is 436 g/mol. The second-order valence-corrected chi connectivity index (χ2v) is 7.71. The van der Waals surface area contributed by atoms with Gasteiger partial charge in [0.05, 0.1) is 12.1 Å². The van der Waals surface area contributed by atoms with Gasteiger partial charge in [-0.25, -0.2) is 0 Å². The Morgan fingerprint density at radius 1 is 1.40 bits per heavy atom. The predicted molar refractivity (Wildman–Crippen MR) is 94.0 cm³/mol. The monoisotopic (exact) mass is 435 g/mol. The highest BCUT2D eigenvalue weighted by molar-refractivity contribution is 9.10. The van der Waals surface area contributed by atoms with Crippen molar-refractivity contribution >= 4 is 33.6 Å². The molecule has 2 rings (SSSR count). The third-order valence-electron chi connectivity index (χ3n) is 3.87. The van der Waals surface area contributed by atoms with Crippen molar-refractivity contribution in [2.45, 2.75) is 36.6 Å². The Balaban J connectivity index is 2.19. The van der Waals surface area contributed by atoms with Crippen LogP contribution in [0.25, 0.3) is 0 Å². The highest BCUT2D eigenvalue weighted by atomic mass is 79.9. The average Bonchev–Trinajstić information content (AvgIpc) is 3.31. The molecular formula is C16H17BrF3N3OS. The Morgan fingerprint density at radius 2 is 2.00 bits per heavy atom. The first-order valence-electron chi connectivity index (χ1n) is 7.51. The van der Waals surface area contributed by atoms with Gasteiger partial charge in [0.2, 0.25) is 5.91 Å². The van der Waals surface area contributed by atoms with Gasteiger partial charge < -0.3 is 5.32 Å². The molecule has 1 saturated carbocycles. The van der Waals surface area contributed by atoms with Gasteiger partial charge in [-0.1, -0.05) is 28.1 Å². The first-order chi connectivity index (χ1) is 11.7. The fraction of sp³-hybridized carbons (Fsp3) is 0.500. The summed E-state index contributed by atoms with van der Waals surface area (Å²) < 4.78 is 41.2. The third-order valence-corrected chi connectivity index (χ3v) is 5.07. The summed E-state index contributed by atoms with van der Waals surface area (Å²) in [5.74, 6) is -0.420. The van der Waals surface area contributed by atoms with Crippen LogP contribution in [0.1, 0.15) is 24.4 Å². The lowest BCUT2D eigenvalue weighted by Crippen LogP contribution is -2.52. The molecular weight excluding hydrogens is 419 g/mol. The van der Waals surface area contributed by atoms with Gasteiger partial charge in [0, 0.05) is 10.2 Å². The van der Waals surface area contributed by atoms with Gasteiger partial charge in [0.15, 0.2) is 0 Å². The molecule has 9 heteroatoms. The van der Waals surface area contributed by atoms with Crippen molar-refractivity contribution in [3.8, 4) is 6.07 Å². The molecule has 25 heavy (non-hydrogen) atoms. The van der Waals surface area contributed by atoms with Crippen molar-refractivity contribution in [3.63, 3.8) is 0 Å². The number of rotatable bonds is 7. The molecule has 0 heterocycles. The molecule has 1 amide bonds. The molecule has 0 aromatic heterocycles. The van der Waals surface area contributed by atoms with Crippen LogP contribution in [-0.4, -0.2) is 35.7 Å². The third kappa shape index (κ3) is 5.36. The number of benzene rings is 1. The van der Waals surface area contributed by atoms with Crippen molar-refractivity contribution in [1.29, 1.82) is 5.26 Å². The maximum atomic E-state index is 13.5. The molecule has 0 saturated heterocycles. The van der Waals surface area contributed by atoms with E-state index in [2.05, 4.69) is 26.6 Å². The summed E-state index contributed by atoms with van der Waals surface area (Å²) in [6.07, 6.45) is -1.80. The fourth-order valence-electron chi connectivity index (χ4n) is 2.31. The van der Waals surface area contributed by atoms with Crippen molar-refractivity contribution in [3.05, 3.63) is 34.3 Å². The van der Waals surface area contributed by atoms with E-state index in [1.165, 1.54) is 36.0 Å². The van der Waals surface area contributed by atoms with Gasteiger partial charge in [0.25, 0.3) is 0 Å². The van der Waals surface area contributed by atoms with Crippen LogP contribution in [-0.2, 0) is 4.79 Å². The number of thioether (sulfide) groups is 1. The number of amides is 1. The SMILES string of the molecule is CSC[C@H](N[C@@H](c1ccc(Br)cc1)C(F)(F)F)C(=O)NC1(C#N)CC1. The number of halogens is 4. The normalized spacial score (nSPS) is 18.1. The summed E-state index contributed by atoms with van der Waals surface area (Å²) in [6, 6.07) is 4.75. The largest absolute Gasteiger partial charge is 0.407 e. The lowest BCUT2D eigenvalue weighted by molar-refractivity contribution is -0.160. The smallest absolute Gasteiger partial charge is 0.336 e. The van der Waals surface area contributed by atoms with Crippen LogP contribution < -0.4 is 10.6 Å². The molecule has 0 aliphatic heterocycles. The molecule has 136 valence electrons. The molecule has 1 aromatic carbocycles. The van der Waals surface area contributed by atoms with Crippen molar-refractivity contribution in [2.75, 3.05) is 12.0 Å². The molecule has 0 bridgehead atoms. The van der Waals surface area contributed by atoms with Gasteiger partial charge in [-0.3, -0.25) is 10.1 Å². The molecule has 0 radical (unpaired) electrons. The number of carbonyl (C=O) groups excluding carboxylic acids is 1. The second kappa shape index (κ2) is 7.98. The van der Waals surface area contributed by atoms with Crippen LogP contribution in [0.3, 0.4) is 0 Å². The highest BCUT2D eigenvalue weighted by Crippen LogP contribution is 2.36. The number of alkyl halides is 3. The van der Waals surface area contributed by atoms with E-state index in [1.54, 1.807) is 6.26 Å². The van der Waals surface area contributed by atoms with E-state index in [4.69, 9.17) is 5.26 Å². The van der Waals surface area contributed by atoms with Gasteiger partial charge in [-0.15, -0.1) is 0 Å². The summed E-state index contributed by atoms with van der Waals surface area (Å²) in [4.78, 5) is 12.4. The van der Waals surface area contributed by atoms with E-state index >= 15 is 0 Å². The highest BCUT2D eigenvalue weighted by Gasteiger charge is 2.47. The fourth-order valence-corrected chi connectivity index (χ4v) is 3.16. The van der Waals surface area contributed by atoms with Crippen LogP contribution in [0, 0.1) is 11.3 Å². The quantitative estimate of drug-likeness (QED) is 0.687. The Labute approximate surface area is 156 Å². The lowest BCUT2D eigenvalue weighted by Gasteiger charge is -2.27. The summed E-state index contributed by atoms with van der Waals surface area (Å²) >= 11 is 4.45. The van der Waals surface area contributed by atoms with Gasteiger partial charge in [-0.05, 0) is 36.8 Å². The number of nitriles is 1. The zero-order valence-electron chi connectivity index (χ0n) is 13.4. The van der Waals surface area contributed by atoms with E-state index in [1.807, 2.05) is 6.07 Å². The molecule has 1 fully saturated rings. The zero-order valence-corrected chi connectivity index (χ0v) is 15.8. The van der Waals surface area contributed by atoms with E-state index < -0.39 is 29.7 Å². The number of hydrogen-bond acceptors (Lipinski definition) is 4. The molecule has 4 nitrogen and oxygen atoms in total. The minimum absolute atomic E-state index is 0.0241. The molecule has 0 unspecified atom stereocenters. The number of hydrogen-bond donors (Lipinski definition) is 2. The first kappa shape index (κ1) is 20.1. The zero-order chi connectivity index (χ0) is 18.7. The van der Waals surface area contributed by atoms with Crippen LogP contribution in [0.15, 0.2) is 28.7 Å². The summed E-state index contributed by atoms with van der Waals surface area (Å²) in [5, 5.41) is 14.0. The summed E-state index contributed by atoms with van der Waals surface area (Å²) in [7, 11) is 0. The molecule has 1 aliphatic carbocycles. The van der Waals surface area contributed by atoms with E-state index in [9.17, 15) is 18.0 Å². The Morgan fingerprint density at radius 3 is 2.44 bits per heavy atom. The Hall–Kier alpha value is -1.24.